The van der Waals surface area contributed by atoms with E-state index in [0.29, 0.717) is 38.5 Å². The second kappa shape index (κ2) is 11.4. The Morgan fingerprint density at radius 1 is 1.00 bits per heavy atom. The van der Waals surface area contributed by atoms with Gasteiger partial charge < -0.3 is 15.1 Å². The number of amides is 1. The summed E-state index contributed by atoms with van der Waals surface area (Å²) in [5.74, 6) is 0.676. The maximum Gasteiger partial charge on any atom is 0.401 e. The summed E-state index contributed by atoms with van der Waals surface area (Å²) < 4.78 is 40.1. The van der Waals surface area contributed by atoms with Crippen LogP contribution in [0, 0.1) is 0 Å². The average molecular weight is 557 g/mol. The van der Waals surface area contributed by atoms with E-state index in [0.717, 1.165) is 27.5 Å². The number of nitrogens with zero attached hydrogens (tertiary/aromatic N) is 5. The average Bonchev–Trinajstić information content (AvgIpc) is 2.91. The van der Waals surface area contributed by atoms with Crippen molar-refractivity contribution in [1.82, 2.24) is 14.2 Å². The molecule has 7 nitrogen and oxygen atoms in total. The van der Waals surface area contributed by atoms with Crippen LogP contribution in [0.1, 0.15) is 12.5 Å². The number of halogens is 3. The highest BCUT2D eigenvalue weighted by molar-refractivity contribution is 7.97. The molecule has 2 aliphatic rings. The summed E-state index contributed by atoms with van der Waals surface area (Å²) in [4.78, 5) is 23.7. The highest BCUT2D eigenvalue weighted by Crippen LogP contribution is 2.38. The number of carbonyl (C=O) groups excluding carboxylic acids is 1. The van der Waals surface area contributed by atoms with Crippen LogP contribution < -0.4 is 15.1 Å². The summed E-state index contributed by atoms with van der Waals surface area (Å²) in [5.41, 5.74) is 3.65. The third kappa shape index (κ3) is 6.66. The van der Waals surface area contributed by atoms with Crippen molar-refractivity contribution in [2.75, 3.05) is 54.9 Å². The smallest absolute Gasteiger partial charge is 0.354 e. The largest absolute Gasteiger partial charge is 0.401 e. The van der Waals surface area contributed by atoms with Gasteiger partial charge in [0.05, 0.1) is 24.1 Å². The Kier molecular flexibility index (Phi) is 8.01. The quantitative estimate of drug-likeness (QED) is 0.392. The molecule has 0 spiro atoms. The van der Waals surface area contributed by atoms with E-state index in [4.69, 9.17) is 0 Å². The van der Waals surface area contributed by atoms with E-state index in [1.165, 1.54) is 4.90 Å². The number of benzene rings is 2. The molecule has 3 heterocycles. The molecule has 5 rings (SSSR count). The minimum absolute atomic E-state index is 0.0184. The summed E-state index contributed by atoms with van der Waals surface area (Å²) >= 11 is 1.55. The first-order chi connectivity index (χ1) is 18.7. The molecular formula is C28H31F3N6OS. The molecule has 0 aliphatic carbocycles. The Morgan fingerprint density at radius 3 is 2.46 bits per heavy atom. The minimum atomic E-state index is -4.17. The fourth-order valence-electron chi connectivity index (χ4n) is 4.90. The highest BCUT2D eigenvalue weighted by atomic mass is 32.2. The first-order valence-electron chi connectivity index (χ1n) is 12.8. The van der Waals surface area contributed by atoms with Crippen molar-refractivity contribution in [3.05, 3.63) is 72.4 Å². The van der Waals surface area contributed by atoms with E-state index < -0.39 is 12.7 Å². The number of fused-ring (bicyclic) bond motifs is 1. The molecule has 1 unspecified atom stereocenters. The lowest BCUT2D eigenvalue weighted by Crippen LogP contribution is -2.50. The van der Waals surface area contributed by atoms with E-state index in [1.807, 2.05) is 55.5 Å². The Hall–Kier alpha value is -3.28. The van der Waals surface area contributed by atoms with Gasteiger partial charge in [-0.25, -0.2) is 9.29 Å². The van der Waals surface area contributed by atoms with Gasteiger partial charge in [-0.05, 0) is 42.6 Å². The monoisotopic (exact) mass is 556 g/mol. The molecule has 2 aromatic carbocycles. The maximum atomic E-state index is 12.9. The predicted molar refractivity (Wildman–Crippen MR) is 149 cm³/mol. The second-order valence-corrected chi connectivity index (χ2v) is 11.0. The van der Waals surface area contributed by atoms with Gasteiger partial charge in [-0.1, -0.05) is 36.4 Å². The van der Waals surface area contributed by atoms with Gasteiger partial charge in [0.2, 0.25) is 5.91 Å². The fourth-order valence-corrected chi connectivity index (χ4v) is 5.86. The summed E-state index contributed by atoms with van der Waals surface area (Å²) in [6.45, 7) is 3.56. The van der Waals surface area contributed by atoms with Gasteiger partial charge in [0, 0.05) is 56.4 Å². The topological polar surface area (TPSA) is 55.0 Å². The molecule has 1 saturated heterocycles. The Balaban J connectivity index is 1.29. The molecule has 0 saturated carbocycles. The van der Waals surface area contributed by atoms with Crippen LogP contribution in [0.25, 0.3) is 0 Å². The molecule has 1 fully saturated rings. The number of carbonyl (C=O) groups is 1. The molecule has 39 heavy (non-hydrogen) atoms. The van der Waals surface area contributed by atoms with E-state index in [-0.39, 0.29) is 11.9 Å². The zero-order valence-corrected chi connectivity index (χ0v) is 22.7. The third-order valence-electron chi connectivity index (χ3n) is 6.96. The zero-order valence-electron chi connectivity index (χ0n) is 21.9. The zero-order chi connectivity index (χ0) is 27.6. The number of rotatable bonds is 7. The van der Waals surface area contributed by atoms with E-state index in [1.54, 1.807) is 30.1 Å². The molecule has 1 amide bonds. The number of anilines is 4. The number of alkyl halides is 3. The third-order valence-corrected chi connectivity index (χ3v) is 8.05. The number of pyridine rings is 1. The van der Waals surface area contributed by atoms with E-state index in [2.05, 4.69) is 31.6 Å². The lowest BCUT2D eigenvalue weighted by atomic mass is 10.1. The van der Waals surface area contributed by atoms with Gasteiger partial charge in [-0.2, -0.15) is 13.2 Å². The van der Waals surface area contributed by atoms with Crippen molar-refractivity contribution in [3.8, 4) is 0 Å². The van der Waals surface area contributed by atoms with Crippen LogP contribution in [0.15, 0.2) is 71.8 Å². The summed E-state index contributed by atoms with van der Waals surface area (Å²) in [6, 6.07) is 19.6. The summed E-state index contributed by atoms with van der Waals surface area (Å²) in [5, 5.41) is 3.38. The van der Waals surface area contributed by atoms with Gasteiger partial charge >= 0.3 is 6.18 Å². The molecule has 206 valence electrons. The van der Waals surface area contributed by atoms with Gasteiger partial charge in [-0.3, -0.25) is 9.69 Å². The van der Waals surface area contributed by atoms with E-state index >= 15 is 0 Å². The molecule has 0 radical (unpaired) electrons. The fraction of sp³-hybridized carbons (Fsp3) is 0.357. The maximum absolute atomic E-state index is 12.9. The standard InChI is InChI=1S/C28H31F3N6OS/c1-20-27(38)34(2)25-17-32-26(16-24(25)37(20)18-21-7-4-3-5-8-21)33-22-9-6-10-23(15-22)39-36-13-11-35(12-14-36)19-28(29,30)31/h3-10,15-17,20H,11-14,18-19H2,1-2H3,(H,32,33). The molecule has 11 heteroatoms. The molecular weight excluding hydrogens is 525 g/mol. The molecule has 2 aliphatic heterocycles. The first-order valence-corrected chi connectivity index (χ1v) is 13.6. The Labute approximate surface area is 230 Å². The molecule has 1 atom stereocenters. The lowest BCUT2D eigenvalue weighted by Gasteiger charge is -2.40. The highest BCUT2D eigenvalue weighted by Gasteiger charge is 2.34. The molecule has 3 aromatic rings. The number of aromatic nitrogens is 1. The van der Waals surface area contributed by atoms with Gasteiger partial charge in [0.15, 0.2) is 0 Å². The van der Waals surface area contributed by atoms with Crippen molar-refractivity contribution < 1.29 is 18.0 Å². The second-order valence-electron chi connectivity index (χ2n) is 9.81. The molecule has 1 aromatic heterocycles. The van der Waals surface area contributed by atoms with Gasteiger partial charge in [0.25, 0.3) is 0 Å². The summed E-state index contributed by atoms with van der Waals surface area (Å²) in [7, 11) is 1.77. The van der Waals surface area contributed by atoms with Crippen LogP contribution in [0.3, 0.4) is 0 Å². The van der Waals surface area contributed by atoms with Crippen LogP contribution in [-0.2, 0) is 11.3 Å². The van der Waals surface area contributed by atoms with Crippen molar-refractivity contribution in [2.24, 2.45) is 0 Å². The molecule has 0 bridgehead atoms. The van der Waals surface area contributed by atoms with Crippen molar-refractivity contribution >= 4 is 40.7 Å². The lowest BCUT2D eigenvalue weighted by molar-refractivity contribution is -0.147. The van der Waals surface area contributed by atoms with Crippen LogP contribution in [-0.4, -0.2) is 72.1 Å². The van der Waals surface area contributed by atoms with Crippen LogP contribution >= 0.6 is 11.9 Å². The number of piperazine rings is 1. The van der Waals surface area contributed by atoms with Crippen molar-refractivity contribution in [2.45, 2.75) is 30.6 Å². The van der Waals surface area contributed by atoms with Gasteiger partial charge in [0.1, 0.15) is 11.9 Å². The van der Waals surface area contributed by atoms with Crippen LogP contribution in [0.4, 0.5) is 36.1 Å². The number of likely N-dealkylation sites (N-methyl/N-ethyl adjacent to an activating group) is 1. The Bertz CT molecular complexity index is 1300. The van der Waals surface area contributed by atoms with Crippen molar-refractivity contribution in [1.29, 1.82) is 0 Å². The number of hydrogen-bond acceptors (Lipinski definition) is 7. The van der Waals surface area contributed by atoms with Gasteiger partial charge in [-0.15, -0.1) is 0 Å². The normalized spacial score (nSPS) is 18.8. The number of hydrogen-bond donors (Lipinski definition) is 1. The van der Waals surface area contributed by atoms with Crippen LogP contribution in [0.2, 0.25) is 0 Å². The van der Waals surface area contributed by atoms with E-state index in [9.17, 15) is 18.0 Å². The minimum Gasteiger partial charge on any atom is -0.354 e. The number of nitrogens with one attached hydrogen (secondary N) is 1. The molecule has 1 N–H and O–H groups in total. The summed E-state index contributed by atoms with van der Waals surface area (Å²) in [6.07, 6.45) is -2.44. The Morgan fingerprint density at radius 2 is 1.74 bits per heavy atom. The predicted octanol–water partition coefficient (Wildman–Crippen LogP) is 5.38. The van der Waals surface area contributed by atoms with Crippen LogP contribution in [0.5, 0.6) is 0 Å². The SMILES string of the molecule is CC1C(=O)N(C)c2cnc(Nc3cccc(SN4CCN(CC(F)(F)F)CC4)c3)cc2N1Cc1ccccc1. The first kappa shape index (κ1) is 27.3. The van der Waals surface area contributed by atoms with Crippen molar-refractivity contribution in [3.63, 3.8) is 0 Å².